The van der Waals surface area contributed by atoms with Crippen LogP contribution >= 0.6 is 27.7 Å². The molecule has 0 unspecified atom stereocenters. The molecule has 0 saturated carbocycles. The third kappa shape index (κ3) is 3.69. The van der Waals surface area contributed by atoms with Gasteiger partial charge >= 0.3 is 0 Å². The molecule has 1 rings (SSSR count). The summed E-state index contributed by atoms with van der Waals surface area (Å²) in [6.07, 6.45) is 2.29. The molecule has 0 saturated heterocycles. The number of hydrogen-bond donors (Lipinski definition) is 0. The lowest BCUT2D eigenvalue weighted by molar-refractivity contribution is 0.601. The van der Waals surface area contributed by atoms with Crippen molar-refractivity contribution in [2.45, 2.75) is 24.7 Å². The first-order valence-electron chi connectivity index (χ1n) is 4.32. The van der Waals surface area contributed by atoms with Crippen LogP contribution in [0.15, 0.2) is 27.6 Å². The van der Waals surface area contributed by atoms with Gasteiger partial charge < -0.3 is 0 Å². The summed E-state index contributed by atoms with van der Waals surface area (Å²) in [5.74, 6) is 0.869. The lowest BCUT2D eigenvalue weighted by atomic mass is 10.3. The number of unbranched alkanes of at least 4 members (excludes halogenated alkanes) is 1. The quantitative estimate of drug-likeness (QED) is 0.570. The van der Waals surface area contributed by atoms with E-state index in [1.165, 1.54) is 6.07 Å². The van der Waals surface area contributed by atoms with Crippen LogP contribution < -0.4 is 0 Å². The van der Waals surface area contributed by atoms with Crippen molar-refractivity contribution in [1.82, 2.24) is 0 Å². The largest absolute Gasteiger partial charge is 0.206 e. The molecule has 0 N–H and O–H groups in total. The average molecular weight is 263 g/mol. The highest BCUT2D eigenvalue weighted by Crippen LogP contribution is 2.25. The zero-order chi connectivity index (χ0) is 9.68. The van der Waals surface area contributed by atoms with E-state index in [-0.39, 0.29) is 5.82 Å². The number of hydrogen-bond acceptors (Lipinski definition) is 1. The van der Waals surface area contributed by atoms with Crippen LogP contribution in [0.1, 0.15) is 19.8 Å². The minimum atomic E-state index is -0.121. The maximum Gasteiger partial charge on any atom is 0.136 e. The normalized spacial score (nSPS) is 10.4. The molecule has 0 aromatic heterocycles. The summed E-state index contributed by atoms with van der Waals surface area (Å²) >= 11 is 4.91. The molecule has 1 aromatic carbocycles. The minimum absolute atomic E-state index is 0.121. The van der Waals surface area contributed by atoms with Crippen LogP contribution in [0.2, 0.25) is 0 Å². The Morgan fingerprint density at radius 1 is 1.46 bits per heavy atom. The van der Waals surface area contributed by atoms with Crippen LogP contribution in [0.5, 0.6) is 0 Å². The topological polar surface area (TPSA) is 0 Å². The van der Waals surface area contributed by atoms with Crippen LogP contribution in [-0.4, -0.2) is 5.75 Å². The lowest BCUT2D eigenvalue weighted by Crippen LogP contribution is -1.83. The Labute approximate surface area is 91.0 Å². The van der Waals surface area contributed by atoms with Crippen LogP contribution in [0.4, 0.5) is 4.39 Å². The molecule has 0 aliphatic heterocycles. The minimum Gasteiger partial charge on any atom is -0.206 e. The van der Waals surface area contributed by atoms with Gasteiger partial charge in [-0.2, -0.15) is 0 Å². The number of rotatable bonds is 4. The van der Waals surface area contributed by atoms with E-state index < -0.39 is 0 Å². The van der Waals surface area contributed by atoms with Gasteiger partial charge in [0.1, 0.15) is 5.82 Å². The monoisotopic (exact) mass is 262 g/mol. The van der Waals surface area contributed by atoms with Crippen molar-refractivity contribution in [3.05, 3.63) is 28.5 Å². The van der Waals surface area contributed by atoms with Crippen molar-refractivity contribution in [2.24, 2.45) is 0 Å². The van der Waals surface area contributed by atoms with Gasteiger partial charge in [-0.15, -0.1) is 11.8 Å². The molecular formula is C10H12BrFS. The maximum atomic E-state index is 13.2. The van der Waals surface area contributed by atoms with E-state index >= 15 is 0 Å². The first-order valence-corrected chi connectivity index (χ1v) is 6.09. The second kappa shape index (κ2) is 5.66. The van der Waals surface area contributed by atoms with Crippen molar-refractivity contribution in [3.63, 3.8) is 0 Å². The Morgan fingerprint density at radius 2 is 2.23 bits per heavy atom. The van der Waals surface area contributed by atoms with Gasteiger partial charge in [0.05, 0.1) is 0 Å². The highest BCUT2D eigenvalue weighted by atomic mass is 79.9. The standard InChI is InChI=1S/C10H12BrFS/c1-2-3-6-13-10-7-8(11)4-5-9(10)12/h4-5,7H,2-3,6H2,1H3. The smallest absolute Gasteiger partial charge is 0.136 e. The summed E-state index contributed by atoms with van der Waals surface area (Å²) in [4.78, 5) is 0.739. The molecule has 13 heavy (non-hydrogen) atoms. The van der Waals surface area contributed by atoms with Gasteiger partial charge in [-0.1, -0.05) is 29.3 Å². The summed E-state index contributed by atoms with van der Waals surface area (Å²) in [6.45, 7) is 2.14. The molecule has 0 aliphatic carbocycles. The first kappa shape index (κ1) is 11.1. The Balaban J connectivity index is 2.59. The summed E-state index contributed by atoms with van der Waals surface area (Å²) in [5.41, 5.74) is 0. The fraction of sp³-hybridized carbons (Fsp3) is 0.400. The van der Waals surface area contributed by atoms with E-state index in [0.717, 1.165) is 28.0 Å². The zero-order valence-corrected chi connectivity index (χ0v) is 9.92. The second-order valence-corrected chi connectivity index (χ2v) is 4.83. The van der Waals surface area contributed by atoms with Crippen molar-refractivity contribution >= 4 is 27.7 Å². The average Bonchev–Trinajstić information content (AvgIpc) is 2.11. The molecule has 1 aromatic rings. The SMILES string of the molecule is CCCCSc1cc(Br)ccc1F. The third-order valence-corrected chi connectivity index (χ3v) is 3.26. The first-order chi connectivity index (χ1) is 6.24. The van der Waals surface area contributed by atoms with Gasteiger partial charge in [0.25, 0.3) is 0 Å². The molecule has 3 heteroatoms. The van der Waals surface area contributed by atoms with E-state index in [9.17, 15) is 4.39 Å². The van der Waals surface area contributed by atoms with Gasteiger partial charge in [0.15, 0.2) is 0 Å². The fourth-order valence-corrected chi connectivity index (χ4v) is 2.50. The van der Waals surface area contributed by atoms with Gasteiger partial charge in [0.2, 0.25) is 0 Å². The number of benzene rings is 1. The van der Waals surface area contributed by atoms with Crippen molar-refractivity contribution in [2.75, 3.05) is 5.75 Å². The van der Waals surface area contributed by atoms with Crippen LogP contribution in [0.3, 0.4) is 0 Å². The summed E-state index contributed by atoms with van der Waals surface area (Å²) in [6, 6.07) is 5.05. The third-order valence-electron chi connectivity index (χ3n) is 1.65. The van der Waals surface area contributed by atoms with Crippen LogP contribution in [0, 0.1) is 5.82 Å². The van der Waals surface area contributed by atoms with E-state index in [0.29, 0.717) is 0 Å². The van der Waals surface area contributed by atoms with E-state index in [2.05, 4.69) is 22.9 Å². The van der Waals surface area contributed by atoms with Gasteiger partial charge in [-0.25, -0.2) is 4.39 Å². The number of halogens is 2. The molecular weight excluding hydrogens is 251 g/mol. The highest BCUT2D eigenvalue weighted by molar-refractivity contribution is 9.10. The molecule has 0 amide bonds. The molecule has 0 bridgehead atoms. The van der Waals surface area contributed by atoms with E-state index in [1.54, 1.807) is 17.8 Å². The summed E-state index contributed by atoms with van der Waals surface area (Å²) in [7, 11) is 0. The van der Waals surface area contributed by atoms with Gasteiger partial charge in [-0.3, -0.25) is 0 Å². The Morgan fingerprint density at radius 3 is 2.92 bits per heavy atom. The van der Waals surface area contributed by atoms with E-state index in [1.807, 2.05) is 6.07 Å². The van der Waals surface area contributed by atoms with Crippen molar-refractivity contribution < 1.29 is 4.39 Å². The summed E-state index contributed by atoms with van der Waals surface area (Å²) < 4.78 is 14.1. The Bertz CT molecular complexity index is 276. The molecule has 72 valence electrons. The molecule has 0 spiro atoms. The Kier molecular flexibility index (Phi) is 4.81. The Hall–Kier alpha value is -0.0200. The fourth-order valence-electron chi connectivity index (χ4n) is 0.914. The molecule has 0 fully saturated rings. The van der Waals surface area contributed by atoms with Crippen LogP contribution in [0.25, 0.3) is 0 Å². The van der Waals surface area contributed by atoms with E-state index in [4.69, 9.17) is 0 Å². The molecule has 0 atom stereocenters. The highest BCUT2D eigenvalue weighted by Gasteiger charge is 2.02. The maximum absolute atomic E-state index is 13.2. The van der Waals surface area contributed by atoms with Crippen molar-refractivity contribution in [1.29, 1.82) is 0 Å². The lowest BCUT2D eigenvalue weighted by Gasteiger charge is -2.02. The predicted molar refractivity (Wildman–Crippen MR) is 59.7 cm³/mol. The molecule has 0 radical (unpaired) electrons. The van der Waals surface area contributed by atoms with Gasteiger partial charge in [0, 0.05) is 9.37 Å². The van der Waals surface area contributed by atoms with Crippen LogP contribution in [-0.2, 0) is 0 Å². The molecule has 0 nitrogen and oxygen atoms in total. The molecule has 0 heterocycles. The molecule has 0 aliphatic rings. The summed E-state index contributed by atoms with van der Waals surface area (Å²) in [5, 5.41) is 0. The predicted octanol–water partition coefficient (Wildman–Crippen LogP) is 4.48. The zero-order valence-electron chi connectivity index (χ0n) is 7.52. The van der Waals surface area contributed by atoms with Crippen molar-refractivity contribution in [3.8, 4) is 0 Å². The second-order valence-electron chi connectivity index (χ2n) is 2.78. The number of thioether (sulfide) groups is 1. The van der Waals surface area contributed by atoms with Gasteiger partial charge in [-0.05, 0) is 30.4 Å².